The lowest BCUT2D eigenvalue weighted by atomic mass is 9.64. The second kappa shape index (κ2) is 13.1. The molecule has 8 nitrogen and oxygen atoms in total. The number of carbonyl (C=O) groups is 1. The van der Waals surface area contributed by atoms with E-state index in [-0.39, 0.29) is 17.3 Å². The average molecular weight is 671 g/mol. The fourth-order valence-electron chi connectivity index (χ4n) is 8.00. The summed E-state index contributed by atoms with van der Waals surface area (Å²) in [5, 5.41) is -0.0300. The highest BCUT2D eigenvalue weighted by Gasteiger charge is 2.47. The van der Waals surface area contributed by atoms with E-state index in [1.165, 1.54) is 11.1 Å². The van der Waals surface area contributed by atoms with Gasteiger partial charge in [-0.05, 0) is 112 Å². The van der Waals surface area contributed by atoms with E-state index < -0.39 is 26.8 Å². The number of fused-ring (bicyclic) bond motifs is 4. The highest BCUT2D eigenvalue weighted by atomic mass is 35.5. The van der Waals surface area contributed by atoms with Crippen molar-refractivity contribution >= 4 is 33.2 Å². The molecule has 1 saturated carbocycles. The lowest BCUT2D eigenvalue weighted by Gasteiger charge is -2.49. The van der Waals surface area contributed by atoms with Gasteiger partial charge in [0.2, 0.25) is 10.0 Å². The molecule has 2 aliphatic carbocycles. The Hall–Kier alpha value is -2.59. The van der Waals surface area contributed by atoms with Gasteiger partial charge in [0.05, 0.1) is 36.4 Å². The zero-order valence-corrected chi connectivity index (χ0v) is 29.0. The fraction of sp³-hybridized carbons (Fsp3) is 0.583. The van der Waals surface area contributed by atoms with Crippen molar-refractivity contribution in [1.82, 2.24) is 4.72 Å². The number of ether oxygens (including phenoxy) is 3. The van der Waals surface area contributed by atoms with Crippen LogP contribution in [0.2, 0.25) is 5.02 Å². The van der Waals surface area contributed by atoms with Crippen LogP contribution in [0, 0.1) is 17.8 Å². The third-order valence-corrected chi connectivity index (χ3v) is 13.2. The second-order valence-corrected chi connectivity index (χ2v) is 16.5. The minimum absolute atomic E-state index is 0.213. The van der Waals surface area contributed by atoms with Crippen molar-refractivity contribution in [2.45, 2.75) is 75.6 Å². The number of hydrogen-bond acceptors (Lipinski definition) is 7. The van der Waals surface area contributed by atoms with Crippen molar-refractivity contribution in [2.24, 2.45) is 17.8 Å². The summed E-state index contributed by atoms with van der Waals surface area (Å²) in [5.41, 5.74) is 2.87. The van der Waals surface area contributed by atoms with E-state index in [1.54, 1.807) is 20.1 Å². The van der Waals surface area contributed by atoms with Gasteiger partial charge in [0, 0.05) is 36.2 Å². The number of nitrogens with zero attached hydrogens (tertiary/aromatic N) is 1. The number of rotatable bonds is 4. The van der Waals surface area contributed by atoms with E-state index in [0.717, 1.165) is 49.4 Å². The van der Waals surface area contributed by atoms with Gasteiger partial charge >= 0.3 is 0 Å². The first-order chi connectivity index (χ1) is 21.9. The van der Waals surface area contributed by atoms with Gasteiger partial charge in [0.15, 0.2) is 0 Å². The summed E-state index contributed by atoms with van der Waals surface area (Å²) in [6.45, 7) is 8.68. The summed E-state index contributed by atoms with van der Waals surface area (Å²) in [6, 6.07) is 11.5. The zero-order valence-electron chi connectivity index (χ0n) is 27.4. The monoisotopic (exact) mass is 670 g/mol. The average Bonchev–Trinajstić information content (AvgIpc) is 3.15. The SMILES string of the molecule is COCCO[C@@]1(C)/C=C\C[C@H](C)[C@@H](C)S(=O)(=O)NC(=O)c2ccc3c(c2)N(C[C@@H]2CC[C@H]21)C[C@@]1(CCCc2cc(Cl)ccc21)CO3. The summed E-state index contributed by atoms with van der Waals surface area (Å²) in [7, 11) is -2.25. The number of allylic oxidation sites excluding steroid dienone is 1. The molecule has 1 spiro atoms. The molecule has 1 amide bonds. The van der Waals surface area contributed by atoms with Gasteiger partial charge < -0.3 is 19.1 Å². The molecular weight excluding hydrogens is 624 g/mol. The summed E-state index contributed by atoms with van der Waals surface area (Å²) < 4.78 is 47.6. The Balaban J connectivity index is 1.43. The number of anilines is 1. The lowest BCUT2D eigenvalue weighted by Crippen LogP contribution is -2.52. The predicted octanol–water partition coefficient (Wildman–Crippen LogP) is 6.31. The molecule has 10 heteroatoms. The third kappa shape index (κ3) is 6.45. The third-order valence-electron chi connectivity index (χ3n) is 11.1. The first-order valence-electron chi connectivity index (χ1n) is 16.6. The Morgan fingerprint density at radius 3 is 2.72 bits per heavy atom. The van der Waals surface area contributed by atoms with Gasteiger partial charge in [-0.15, -0.1) is 0 Å². The maximum atomic E-state index is 13.5. The molecule has 0 saturated heterocycles. The Morgan fingerprint density at radius 2 is 1.96 bits per heavy atom. The molecule has 2 aliphatic heterocycles. The molecule has 0 aromatic heterocycles. The first kappa shape index (κ1) is 33.3. The number of sulfonamides is 1. The molecule has 2 heterocycles. The van der Waals surface area contributed by atoms with Crippen LogP contribution in [0.1, 0.15) is 74.4 Å². The molecule has 2 aromatic carbocycles. The van der Waals surface area contributed by atoms with E-state index in [4.69, 9.17) is 25.8 Å². The van der Waals surface area contributed by atoms with Crippen LogP contribution in [-0.4, -0.2) is 65.2 Å². The number of carbonyl (C=O) groups excluding carboxylic acids is 1. The highest BCUT2D eigenvalue weighted by molar-refractivity contribution is 7.90. The standard InChI is InChI=1S/C36H47ClN2O6S/c1-24-7-5-15-35(3,45-18-17-43-4)30-12-9-28(30)21-39-22-36(16-6-8-26-19-29(37)11-13-31(26)36)23-44-33-14-10-27(20-32(33)39)34(40)38-46(41,42)25(24)2/h5,10-11,13-15,19-20,24-25,28,30H,6-9,12,16-18,21-23H2,1-4H3,(H,38,40)/b15-5-/t24-,25+,28-,30+,35-,36-/m0/s1. The van der Waals surface area contributed by atoms with E-state index in [0.29, 0.717) is 50.0 Å². The van der Waals surface area contributed by atoms with Crippen LogP contribution < -0.4 is 14.4 Å². The van der Waals surface area contributed by atoms with Crippen molar-refractivity contribution < 1.29 is 27.4 Å². The van der Waals surface area contributed by atoms with Crippen LogP contribution in [-0.2, 0) is 31.3 Å². The Kier molecular flexibility index (Phi) is 9.51. The Morgan fingerprint density at radius 1 is 1.13 bits per heavy atom. The number of halogens is 1. The van der Waals surface area contributed by atoms with Crippen LogP contribution >= 0.6 is 11.6 Å². The van der Waals surface area contributed by atoms with Crippen LogP contribution in [0.4, 0.5) is 5.69 Å². The van der Waals surface area contributed by atoms with Gasteiger partial charge in [0.25, 0.3) is 5.91 Å². The molecule has 1 N–H and O–H groups in total. The van der Waals surface area contributed by atoms with Gasteiger partial charge in [-0.1, -0.05) is 36.7 Å². The quantitative estimate of drug-likeness (QED) is 0.301. The van der Waals surface area contributed by atoms with Crippen LogP contribution in [0.3, 0.4) is 0 Å². The number of methoxy groups -OCH3 is 1. The summed E-state index contributed by atoms with van der Waals surface area (Å²) in [4.78, 5) is 15.9. The molecule has 46 heavy (non-hydrogen) atoms. The molecular formula is C36H47ClN2O6S. The molecule has 6 atom stereocenters. The molecule has 250 valence electrons. The van der Waals surface area contributed by atoms with Crippen LogP contribution in [0.5, 0.6) is 5.75 Å². The summed E-state index contributed by atoms with van der Waals surface area (Å²) in [6.07, 6.45) is 9.84. The van der Waals surface area contributed by atoms with E-state index in [1.807, 2.05) is 25.1 Å². The van der Waals surface area contributed by atoms with Crippen molar-refractivity contribution in [3.8, 4) is 5.75 Å². The molecule has 6 rings (SSSR count). The Bertz CT molecular complexity index is 1600. The minimum Gasteiger partial charge on any atom is -0.490 e. The predicted molar refractivity (Wildman–Crippen MR) is 181 cm³/mol. The van der Waals surface area contributed by atoms with Gasteiger partial charge in [-0.2, -0.15) is 0 Å². The summed E-state index contributed by atoms with van der Waals surface area (Å²) in [5.74, 6) is 0.473. The van der Waals surface area contributed by atoms with Crippen molar-refractivity contribution in [3.63, 3.8) is 0 Å². The maximum absolute atomic E-state index is 13.5. The van der Waals surface area contributed by atoms with Crippen LogP contribution in [0.25, 0.3) is 0 Å². The molecule has 1 fully saturated rings. The fourth-order valence-corrected chi connectivity index (χ4v) is 9.48. The zero-order chi connectivity index (χ0) is 32.7. The first-order valence-corrected chi connectivity index (χ1v) is 18.5. The maximum Gasteiger partial charge on any atom is 0.264 e. The molecule has 2 bridgehead atoms. The molecule has 2 aromatic rings. The van der Waals surface area contributed by atoms with Crippen LogP contribution in [0.15, 0.2) is 48.6 Å². The van der Waals surface area contributed by atoms with Crippen molar-refractivity contribution in [2.75, 3.05) is 44.9 Å². The largest absolute Gasteiger partial charge is 0.490 e. The molecule has 0 unspecified atom stereocenters. The number of nitrogens with one attached hydrogen (secondary N) is 1. The van der Waals surface area contributed by atoms with E-state index >= 15 is 0 Å². The van der Waals surface area contributed by atoms with E-state index in [9.17, 15) is 13.2 Å². The normalized spacial score (nSPS) is 33.1. The number of hydrogen-bond donors (Lipinski definition) is 1. The highest BCUT2D eigenvalue weighted by Crippen LogP contribution is 2.49. The molecule has 4 aliphatic rings. The minimum atomic E-state index is -3.93. The number of aryl methyl sites for hydroxylation is 1. The number of amides is 1. The number of benzene rings is 2. The van der Waals surface area contributed by atoms with Gasteiger partial charge in [-0.3, -0.25) is 4.79 Å². The molecule has 0 radical (unpaired) electrons. The van der Waals surface area contributed by atoms with E-state index in [2.05, 4.69) is 40.8 Å². The van der Waals surface area contributed by atoms with Crippen molar-refractivity contribution in [3.05, 3.63) is 70.3 Å². The summed E-state index contributed by atoms with van der Waals surface area (Å²) >= 11 is 6.44. The lowest BCUT2D eigenvalue weighted by molar-refractivity contribution is -0.0968. The van der Waals surface area contributed by atoms with Gasteiger partial charge in [-0.25, -0.2) is 13.1 Å². The topological polar surface area (TPSA) is 94.2 Å². The van der Waals surface area contributed by atoms with Crippen molar-refractivity contribution in [1.29, 1.82) is 0 Å². The van der Waals surface area contributed by atoms with Gasteiger partial charge in [0.1, 0.15) is 5.75 Å². The smallest absolute Gasteiger partial charge is 0.264 e. The Labute approximate surface area is 278 Å². The second-order valence-electron chi connectivity index (χ2n) is 14.1.